The summed E-state index contributed by atoms with van der Waals surface area (Å²) in [4.78, 5) is 22.8. The molecular weight excluding hydrogens is 441 g/mol. The molecule has 0 spiro atoms. The van der Waals surface area contributed by atoms with Gasteiger partial charge in [0.05, 0.1) is 24.1 Å². The molecule has 1 unspecified atom stereocenters. The van der Waals surface area contributed by atoms with E-state index in [1.165, 1.54) is 21.7 Å². The van der Waals surface area contributed by atoms with Gasteiger partial charge in [0.25, 0.3) is 5.91 Å². The summed E-state index contributed by atoms with van der Waals surface area (Å²) in [5.74, 6) is -0.308. The van der Waals surface area contributed by atoms with Crippen molar-refractivity contribution in [2.24, 2.45) is 5.92 Å². The van der Waals surface area contributed by atoms with E-state index in [0.717, 1.165) is 19.2 Å². The number of amides is 1. The Morgan fingerprint density at radius 3 is 2.64 bits per heavy atom. The molecule has 1 aromatic carbocycles. The van der Waals surface area contributed by atoms with Crippen LogP contribution in [0.25, 0.3) is 16.9 Å². The zero-order valence-electron chi connectivity index (χ0n) is 17.5. The normalized spacial score (nSPS) is 19.1. The molecule has 2 aromatic heterocycles. The topological polar surface area (TPSA) is 130 Å². The Balaban J connectivity index is 1.78. The van der Waals surface area contributed by atoms with Gasteiger partial charge in [0.1, 0.15) is 6.33 Å². The summed E-state index contributed by atoms with van der Waals surface area (Å²) in [6.45, 7) is 0.328. The monoisotopic (exact) mass is 462 g/mol. The third-order valence-electron chi connectivity index (χ3n) is 6.62. The molecule has 1 aliphatic heterocycles. The molecule has 4 N–H and O–H groups in total. The highest BCUT2D eigenvalue weighted by atomic mass is 19.4. The van der Waals surface area contributed by atoms with Gasteiger partial charge in [0.15, 0.2) is 11.5 Å². The molecule has 3 heterocycles. The first-order valence-electron chi connectivity index (χ1n) is 10.4. The maximum atomic E-state index is 14.2. The van der Waals surface area contributed by atoms with Crippen molar-refractivity contribution in [1.82, 2.24) is 24.5 Å². The number of nitrogens with two attached hydrogens (primary N) is 1. The van der Waals surface area contributed by atoms with Gasteiger partial charge in [0.2, 0.25) is 5.60 Å². The second-order valence-corrected chi connectivity index (χ2v) is 8.57. The van der Waals surface area contributed by atoms with Crippen LogP contribution >= 0.6 is 0 Å². The van der Waals surface area contributed by atoms with Crippen molar-refractivity contribution in [3.63, 3.8) is 0 Å². The van der Waals surface area contributed by atoms with Crippen molar-refractivity contribution < 1.29 is 28.2 Å². The molecule has 2 atom stereocenters. The minimum absolute atomic E-state index is 0.00714. The average Bonchev–Trinajstić information content (AvgIpc) is 3.45. The molecule has 33 heavy (non-hydrogen) atoms. The number of rotatable bonds is 5. The number of imidazole rings is 1. The van der Waals surface area contributed by atoms with Gasteiger partial charge in [-0.25, -0.2) is 14.5 Å². The van der Waals surface area contributed by atoms with Crippen LogP contribution in [0.4, 0.5) is 19.0 Å². The molecule has 0 bridgehead atoms. The Kier molecular flexibility index (Phi) is 4.66. The highest BCUT2D eigenvalue weighted by Gasteiger charge is 2.58. The number of aliphatic hydroxyl groups is 2. The summed E-state index contributed by atoms with van der Waals surface area (Å²) in [7, 11) is 0. The van der Waals surface area contributed by atoms with E-state index in [1.807, 2.05) is 6.92 Å². The molecule has 3 aromatic rings. The van der Waals surface area contributed by atoms with E-state index < -0.39 is 29.9 Å². The number of carbonyl (C=O) groups excluding carboxylic acids is 1. The number of aromatic nitrogens is 4. The van der Waals surface area contributed by atoms with E-state index in [0.29, 0.717) is 11.5 Å². The van der Waals surface area contributed by atoms with E-state index in [2.05, 4.69) is 15.1 Å². The van der Waals surface area contributed by atoms with E-state index in [9.17, 15) is 28.2 Å². The van der Waals surface area contributed by atoms with Crippen molar-refractivity contribution in [1.29, 1.82) is 0 Å². The zero-order chi connectivity index (χ0) is 23.7. The van der Waals surface area contributed by atoms with Gasteiger partial charge in [-0.15, -0.1) is 0 Å². The van der Waals surface area contributed by atoms with E-state index in [1.54, 1.807) is 6.07 Å². The predicted octanol–water partition coefficient (Wildman–Crippen LogP) is 1.87. The maximum absolute atomic E-state index is 14.2. The Morgan fingerprint density at radius 1 is 1.27 bits per heavy atom. The average molecular weight is 462 g/mol. The van der Waals surface area contributed by atoms with Gasteiger partial charge in [-0.1, -0.05) is 12.1 Å². The molecular formula is C21H21F3N6O3. The lowest BCUT2D eigenvalue weighted by molar-refractivity contribution is -0.277. The second-order valence-electron chi connectivity index (χ2n) is 8.57. The summed E-state index contributed by atoms with van der Waals surface area (Å²) < 4.78 is 43.7. The van der Waals surface area contributed by atoms with Crippen LogP contribution in [0.5, 0.6) is 0 Å². The van der Waals surface area contributed by atoms with Crippen molar-refractivity contribution in [3.05, 3.63) is 41.3 Å². The second kappa shape index (κ2) is 7.12. The van der Waals surface area contributed by atoms with Gasteiger partial charge in [-0.05, 0) is 31.2 Å². The predicted molar refractivity (Wildman–Crippen MR) is 110 cm³/mol. The Morgan fingerprint density at radius 2 is 2.00 bits per heavy atom. The van der Waals surface area contributed by atoms with Crippen LogP contribution in [0.15, 0.2) is 24.7 Å². The third kappa shape index (κ3) is 3.08. The van der Waals surface area contributed by atoms with Crippen molar-refractivity contribution in [2.75, 3.05) is 12.3 Å². The fourth-order valence-corrected chi connectivity index (χ4v) is 4.55. The number of carbonyl (C=O) groups is 1. The van der Waals surface area contributed by atoms with Gasteiger partial charge >= 0.3 is 6.18 Å². The van der Waals surface area contributed by atoms with Crippen LogP contribution in [0.3, 0.4) is 0 Å². The molecule has 0 radical (unpaired) electrons. The fourth-order valence-electron chi connectivity index (χ4n) is 4.55. The van der Waals surface area contributed by atoms with Crippen molar-refractivity contribution >= 4 is 17.4 Å². The summed E-state index contributed by atoms with van der Waals surface area (Å²) in [5, 5.41) is 24.6. The number of anilines is 1. The van der Waals surface area contributed by atoms with E-state index in [4.69, 9.17) is 5.73 Å². The number of fused-ring (bicyclic) bond motifs is 2. The lowest BCUT2D eigenvalue weighted by Crippen LogP contribution is -2.47. The quantitative estimate of drug-likeness (QED) is 0.528. The Labute approximate surface area is 185 Å². The third-order valence-corrected chi connectivity index (χ3v) is 6.62. The first kappa shape index (κ1) is 21.6. The fraction of sp³-hybridized carbons (Fsp3) is 0.429. The highest BCUT2D eigenvalue weighted by molar-refractivity contribution is 6.02. The molecule has 12 heteroatoms. The number of hydrogen-bond acceptors (Lipinski definition) is 7. The van der Waals surface area contributed by atoms with Gasteiger partial charge in [0, 0.05) is 23.7 Å². The standard InChI is InChI=1S/C21H21F3N6O3/c1-10(11-2-3-11)29-7-12-4-5-13(14-6-26-18-17(25)27-9-28-30(14)18)16(15(12)19(29)32)20(33,8-31)21(22,23)24/h4-6,9-11,31,33H,2-3,7-8H2,1H3,(H2,25,27,28)/t10-,20?/m0/s1. The van der Waals surface area contributed by atoms with Crippen LogP contribution in [-0.2, 0) is 12.1 Å². The zero-order valence-corrected chi connectivity index (χ0v) is 17.5. The molecule has 5 rings (SSSR count). The molecule has 1 amide bonds. The van der Waals surface area contributed by atoms with Crippen LogP contribution in [-0.4, -0.2) is 59.4 Å². The SMILES string of the molecule is C[C@@H](C1CC1)N1Cc2ccc(-c3cnc4c(N)ncnn34)c(C(O)(CO)C(F)(F)F)c2C1=O. The van der Waals surface area contributed by atoms with Crippen molar-refractivity contribution in [3.8, 4) is 11.3 Å². The minimum Gasteiger partial charge on any atom is -0.393 e. The van der Waals surface area contributed by atoms with Crippen LogP contribution in [0.2, 0.25) is 0 Å². The number of hydrogen-bond donors (Lipinski definition) is 3. The first-order valence-corrected chi connectivity index (χ1v) is 10.4. The number of nitrogens with zero attached hydrogens (tertiary/aromatic N) is 5. The van der Waals surface area contributed by atoms with Crippen LogP contribution < -0.4 is 5.73 Å². The molecule has 1 aliphatic carbocycles. The van der Waals surface area contributed by atoms with Gasteiger partial charge in [-0.2, -0.15) is 18.3 Å². The van der Waals surface area contributed by atoms with Gasteiger partial charge in [-0.3, -0.25) is 4.79 Å². The lowest BCUT2D eigenvalue weighted by Gasteiger charge is -2.32. The number of benzene rings is 1. The molecule has 1 fully saturated rings. The van der Waals surface area contributed by atoms with E-state index in [-0.39, 0.29) is 40.9 Å². The summed E-state index contributed by atoms with van der Waals surface area (Å²) in [5.41, 5.74) is 1.52. The molecule has 2 aliphatic rings. The largest absolute Gasteiger partial charge is 0.423 e. The van der Waals surface area contributed by atoms with Gasteiger partial charge < -0.3 is 20.8 Å². The number of nitrogen functional groups attached to an aromatic ring is 1. The number of aliphatic hydroxyl groups excluding tert-OH is 1. The molecule has 174 valence electrons. The van der Waals surface area contributed by atoms with Crippen molar-refractivity contribution in [2.45, 2.75) is 44.1 Å². The molecule has 0 saturated heterocycles. The minimum atomic E-state index is -5.27. The maximum Gasteiger partial charge on any atom is 0.423 e. The van der Waals surface area contributed by atoms with Crippen LogP contribution in [0, 0.1) is 5.92 Å². The van der Waals surface area contributed by atoms with E-state index >= 15 is 0 Å². The number of halogens is 3. The summed E-state index contributed by atoms with van der Waals surface area (Å²) in [6.07, 6.45) is -1.01. The Hall–Kier alpha value is -3.25. The first-order chi connectivity index (χ1) is 15.6. The number of alkyl halides is 3. The lowest BCUT2D eigenvalue weighted by atomic mass is 9.83. The smallest absolute Gasteiger partial charge is 0.393 e. The summed E-state index contributed by atoms with van der Waals surface area (Å²) in [6, 6.07) is 2.78. The van der Waals surface area contributed by atoms with Crippen LogP contribution in [0.1, 0.15) is 41.3 Å². The highest BCUT2D eigenvalue weighted by Crippen LogP contribution is 2.48. The molecule has 1 saturated carbocycles. The molecule has 9 nitrogen and oxygen atoms in total. The Bertz CT molecular complexity index is 1270. The summed E-state index contributed by atoms with van der Waals surface area (Å²) >= 11 is 0.